The van der Waals surface area contributed by atoms with Crippen LogP contribution in [0.25, 0.3) is 0 Å². The van der Waals surface area contributed by atoms with E-state index in [1.807, 2.05) is 43.3 Å². The van der Waals surface area contributed by atoms with E-state index < -0.39 is 5.97 Å². The molecule has 0 unspecified atom stereocenters. The van der Waals surface area contributed by atoms with Gasteiger partial charge in [0.1, 0.15) is 0 Å². The molecule has 1 atom stereocenters. The molecule has 2 aromatic carbocycles. The Morgan fingerprint density at radius 1 is 0.964 bits per heavy atom. The largest absolute Gasteiger partial charge is 0.481 e. The zero-order valence-corrected chi connectivity index (χ0v) is 16.6. The van der Waals surface area contributed by atoms with Crippen LogP contribution >= 0.6 is 0 Å². The summed E-state index contributed by atoms with van der Waals surface area (Å²) in [5, 5.41) is 13.4. The SMILES string of the molecule is CC(=O)O.C[C@H](NC(=O)NCCCCN)C(c1ccccc1)c1ccccc1. The van der Waals surface area contributed by atoms with Crippen LogP contribution in [0, 0.1) is 0 Å². The number of benzene rings is 2. The van der Waals surface area contributed by atoms with Gasteiger partial charge in [-0.3, -0.25) is 4.79 Å². The Hall–Kier alpha value is -2.86. The summed E-state index contributed by atoms with van der Waals surface area (Å²) in [7, 11) is 0. The van der Waals surface area contributed by atoms with Gasteiger partial charge in [0.25, 0.3) is 5.97 Å². The average Bonchev–Trinajstić information content (AvgIpc) is 2.67. The van der Waals surface area contributed by atoms with Crippen molar-refractivity contribution in [3.63, 3.8) is 0 Å². The first kappa shape index (κ1) is 23.2. The molecule has 5 N–H and O–H groups in total. The number of unbranched alkanes of at least 4 members (excludes halogenated alkanes) is 1. The number of aliphatic carboxylic acids is 1. The van der Waals surface area contributed by atoms with Gasteiger partial charge in [-0.25, -0.2) is 4.79 Å². The minimum atomic E-state index is -0.833. The summed E-state index contributed by atoms with van der Waals surface area (Å²) in [5.74, 6) is -0.720. The topological polar surface area (TPSA) is 104 Å². The molecule has 2 rings (SSSR count). The van der Waals surface area contributed by atoms with E-state index in [0.717, 1.165) is 19.8 Å². The highest BCUT2D eigenvalue weighted by molar-refractivity contribution is 5.74. The van der Waals surface area contributed by atoms with Gasteiger partial charge in [-0.2, -0.15) is 0 Å². The second kappa shape index (κ2) is 13.3. The molecule has 0 saturated heterocycles. The van der Waals surface area contributed by atoms with Crippen LogP contribution < -0.4 is 16.4 Å². The molecule has 152 valence electrons. The number of hydrogen-bond donors (Lipinski definition) is 4. The van der Waals surface area contributed by atoms with Crippen LogP contribution in [0.1, 0.15) is 43.7 Å². The van der Waals surface area contributed by atoms with Gasteiger partial charge in [-0.1, -0.05) is 60.7 Å². The first-order chi connectivity index (χ1) is 13.5. The molecule has 6 nitrogen and oxygen atoms in total. The Morgan fingerprint density at radius 2 is 1.43 bits per heavy atom. The number of carboxylic acids is 1. The van der Waals surface area contributed by atoms with Gasteiger partial charge in [-0.15, -0.1) is 0 Å². The van der Waals surface area contributed by atoms with E-state index in [1.54, 1.807) is 0 Å². The third-order valence-electron chi connectivity index (χ3n) is 4.09. The second-order valence-electron chi connectivity index (χ2n) is 6.50. The monoisotopic (exact) mass is 385 g/mol. The summed E-state index contributed by atoms with van der Waals surface area (Å²) in [6.07, 6.45) is 1.82. The molecule has 6 heteroatoms. The van der Waals surface area contributed by atoms with E-state index in [2.05, 4.69) is 34.9 Å². The molecular formula is C22H31N3O3. The Morgan fingerprint density at radius 3 is 1.86 bits per heavy atom. The molecule has 0 fully saturated rings. The summed E-state index contributed by atoms with van der Waals surface area (Å²) in [6.45, 7) is 4.44. The standard InChI is InChI=1S/C20H27N3O.C2H4O2/c1-16(23-20(24)22-15-9-8-14-21)19(17-10-4-2-5-11-17)18-12-6-3-7-13-18;1-2(3)4/h2-7,10-13,16,19H,8-9,14-15,21H2,1H3,(H2,22,23,24);1H3,(H,3,4)/t16-;/m0./s1. The van der Waals surface area contributed by atoms with Crippen LogP contribution in [0.15, 0.2) is 60.7 Å². The molecule has 0 aliphatic heterocycles. The molecule has 2 aromatic rings. The average molecular weight is 386 g/mol. The molecule has 0 aromatic heterocycles. The van der Waals surface area contributed by atoms with Crippen molar-refractivity contribution in [1.82, 2.24) is 10.6 Å². The molecule has 28 heavy (non-hydrogen) atoms. The minimum Gasteiger partial charge on any atom is -0.481 e. The Kier molecular flexibility index (Phi) is 11.0. The number of amides is 2. The fourth-order valence-corrected chi connectivity index (χ4v) is 2.90. The smallest absolute Gasteiger partial charge is 0.315 e. The van der Waals surface area contributed by atoms with E-state index in [-0.39, 0.29) is 18.0 Å². The number of carboxylic acid groups (broad SMARTS) is 1. The maximum Gasteiger partial charge on any atom is 0.315 e. The lowest BCUT2D eigenvalue weighted by atomic mass is 9.86. The molecular weight excluding hydrogens is 354 g/mol. The second-order valence-corrected chi connectivity index (χ2v) is 6.50. The van der Waals surface area contributed by atoms with Gasteiger partial charge >= 0.3 is 6.03 Å². The molecule has 0 heterocycles. The van der Waals surface area contributed by atoms with Crippen LogP contribution in [0.2, 0.25) is 0 Å². The van der Waals surface area contributed by atoms with Gasteiger partial charge in [0.2, 0.25) is 0 Å². The van der Waals surface area contributed by atoms with Crippen LogP contribution in [0.3, 0.4) is 0 Å². The van der Waals surface area contributed by atoms with Crippen molar-refractivity contribution in [2.75, 3.05) is 13.1 Å². The number of rotatable bonds is 8. The maximum absolute atomic E-state index is 12.1. The van der Waals surface area contributed by atoms with Crippen LogP contribution in [-0.4, -0.2) is 36.2 Å². The number of carbonyl (C=O) groups excluding carboxylic acids is 1. The summed E-state index contributed by atoms with van der Waals surface area (Å²) in [4.78, 5) is 21.1. The van der Waals surface area contributed by atoms with E-state index in [0.29, 0.717) is 13.1 Å². The number of nitrogens with one attached hydrogen (secondary N) is 2. The zero-order chi connectivity index (χ0) is 20.8. The molecule has 0 saturated carbocycles. The van der Waals surface area contributed by atoms with Crippen LogP contribution in [0.4, 0.5) is 4.79 Å². The molecule has 0 spiro atoms. The highest BCUT2D eigenvalue weighted by Crippen LogP contribution is 2.27. The summed E-state index contributed by atoms with van der Waals surface area (Å²) in [5.41, 5.74) is 7.85. The Balaban J connectivity index is 0.000000892. The van der Waals surface area contributed by atoms with Gasteiger partial charge in [0, 0.05) is 25.4 Å². The highest BCUT2D eigenvalue weighted by Gasteiger charge is 2.22. The van der Waals surface area contributed by atoms with Crippen molar-refractivity contribution in [2.24, 2.45) is 5.73 Å². The molecule has 0 aliphatic carbocycles. The van der Waals surface area contributed by atoms with Crippen molar-refractivity contribution in [2.45, 2.75) is 38.6 Å². The van der Waals surface area contributed by atoms with Crippen molar-refractivity contribution < 1.29 is 14.7 Å². The first-order valence-corrected chi connectivity index (χ1v) is 9.49. The first-order valence-electron chi connectivity index (χ1n) is 9.49. The summed E-state index contributed by atoms with van der Waals surface area (Å²) < 4.78 is 0. The van der Waals surface area contributed by atoms with Gasteiger partial charge in [-0.05, 0) is 37.4 Å². The normalized spacial score (nSPS) is 11.1. The Bertz CT molecular complexity index is 649. The van der Waals surface area contributed by atoms with Crippen molar-refractivity contribution >= 4 is 12.0 Å². The summed E-state index contributed by atoms with van der Waals surface area (Å²) in [6, 6.07) is 20.4. The van der Waals surface area contributed by atoms with Crippen molar-refractivity contribution in [3.8, 4) is 0 Å². The molecule has 0 radical (unpaired) electrons. The lowest BCUT2D eigenvalue weighted by Gasteiger charge is -2.26. The van der Waals surface area contributed by atoms with Crippen LogP contribution in [-0.2, 0) is 4.79 Å². The van der Waals surface area contributed by atoms with E-state index >= 15 is 0 Å². The minimum absolute atomic E-state index is 0.0238. The number of carbonyl (C=O) groups is 2. The van der Waals surface area contributed by atoms with Crippen molar-refractivity contribution in [1.29, 1.82) is 0 Å². The maximum atomic E-state index is 12.1. The lowest BCUT2D eigenvalue weighted by molar-refractivity contribution is -0.134. The number of nitrogens with two attached hydrogens (primary N) is 1. The zero-order valence-electron chi connectivity index (χ0n) is 16.6. The van der Waals surface area contributed by atoms with Gasteiger partial charge in [0.15, 0.2) is 0 Å². The predicted octanol–water partition coefficient (Wildman–Crippen LogP) is 3.34. The fraction of sp³-hybridized carbons (Fsp3) is 0.364. The van der Waals surface area contributed by atoms with E-state index in [1.165, 1.54) is 11.1 Å². The molecule has 0 aliphatic rings. The van der Waals surface area contributed by atoms with Gasteiger partial charge < -0.3 is 21.5 Å². The molecule has 2 amide bonds. The third-order valence-corrected chi connectivity index (χ3v) is 4.09. The van der Waals surface area contributed by atoms with Crippen LogP contribution in [0.5, 0.6) is 0 Å². The van der Waals surface area contributed by atoms with E-state index in [9.17, 15) is 4.79 Å². The quantitative estimate of drug-likeness (QED) is 0.523. The number of urea groups is 1. The molecule has 0 bridgehead atoms. The Labute approximate surface area is 167 Å². The van der Waals surface area contributed by atoms with Gasteiger partial charge in [0.05, 0.1) is 0 Å². The fourth-order valence-electron chi connectivity index (χ4n) is 2.90. The number of hydrogen-bond acceptors (Lipinski definition) is 3. The highest BCUT2D eigenvalue weighted by atomic mass is 16.4. The lowest BCUT2D eigenvalue weighted by Crippen LogP contribution is -2.44. The summed E-state index contributed by atoms with van der Waals surface area (Å²) >= 11 is 0. The third kappa shape index (κ3) is 9.19. The predicted molar refractivity (Wildman–Crippen MR) is 112 cm³/mol. The van der Waals surface area contributed by atoms with E-state index in [4.69, 9.17) is 15.6 Å². The van der Waals surface area contributed by atoms with Crippen molar-refractivity contribution in [3.05, 3.63) is 71.8 Å².